The van der Waals surface area contributed by atoms with E-state index >= 15 is 0 Å². The minimum absolute atomic E-state index is 0. The summed E-state index contributed by atoms with van der Waals surface area (Å²) in [6.45, 7) is 5.07. The number of carbonyl (C=O) groups is 1. The Kier molecular flexibility index (Phi) is 8.46. The van der Waals surface area contributed by atoms with E-state index in [1.165, 1.54) is 0 Å². The van der Waals surface area contributed by atoms with E-state index < -0.39 is 5.41 Å². The molecule has 136 valence electrons. The number of hydrogen-bond acceptors (Lipinski definition) is 3. The Balaban J connectivity index is 0.00000312. The molecule has 0 unspecified atom stereocenters. The largest absolute Gasteiger partial charge is 0.492 e. The molecule has 0 fully saturated rings. The molecule has 4 nitrogen and oxygen atoms in total. The van der Waals surface area contributed by atoms with Gasteiger partial charge in [0, 0.05) is 12.2 Å². The third-order valence-corrected chi connectivity index (χ3v) is 4.47. The zero-order valence-electron chi connectivity index (χ0n) is 14.8. The Bertz CT molecular complexity index is 641. The molecule has 0 saturated carbocycles. The third kappa shape index (κ3) is 4.97. The molecular formula is C20H27ClN2O2. The van der Waals surface area contributed by atoms with Gasteiger partial charge in [0.25, 0.3) is 0 Å². The first-order valence-corrected chi connectivity index (χ1v) is 8.46. The SMILES string of the molecule is CCC(CC)(C(=O)Nc1ccc(OCCN)cc1)c1ccccc1.Cl. The number of carbonyl (C=O) groups excluding carboxylic acids is 1. The predicted octanol–water partition coefficient (Wildman–Crippen LogP) is 4.14. The summed E-state index contributed by atoms with van der Waals surface area (Å²) in [6.07, 6.45) is 1.49. The highest BCUT2D eigenvalue weighted by Crippen LogP contribution is 2.33. The second kappa shape index (κ2) is 10.1. The number of benzene rings is 2. The van der Waals surface area contributed by atoms with Crippen molar-refractivity contribution in [1.82, 2.24) is 0 Å². The van der Waals surface area contributed by atoms with Crippen molar-refractivity contribution in [2.45, 2.75) is 32.1 Å². The second-order valence-electron chi connectivity index (χ2n) is 5.77. The van der Waals surface area contributed by atoms with Crippen molar-refractivity contribution in [2.24, 2.45) is 5.73 Å². The van der Waals surface area contributed by atoms with Crippen LogP contribution in [0.1, 0.15) is 32.3 Å². The molecule has 0 spiro atoms. The van der Waals surface area contributed by atoms with Gasteiger partial charge in [-0.25, -0.2) is 0 Å². The van der Waals surface area contributed by atoms with E-state index in [0.29, 0.717) is 13.2 Å². The molecule has 0 bridgehead atoms. The Hall–Kier alpha value is -2.04. The second-order valence-corrected chi connectivity index (χ2v) is 5.77. The smallest absolute Gasteiger partial charge is 0.235 e. The van der Waals surface area contributed by atoms with Gasteiger partial charge in [-0.2, -0.15) is 0 Å². The Morgan fingerprint density at radius 2 is 1.64 bits per heavy atom. The quantitative estimate of drug-likeness (QED) is 0.741. The lowest BCUT2D eigenvalue weighted by Crippen LogP contribution is -2.39. The number of amides is 1. The van der Waals surface area contributed by atoms with Gasteiger partial charge in [0.05, 0.1) is 5.41 Å². The van der Waals surface area contributed by atoms with Crippen LogP contribution in [-0.2, 0) is 10.2 Å². The van der Waals surface area contributed by atoms with Gasteiger partial charge in [0.1, 0.15) is 12.4 Å². The molecule has 1 amide bonds. The van der Waals surface area contributed by atoms with Crippen LogP contribution in [0, 0.1) is 0 Å². The van der Waals surface area contributed by atoms with Gasteiger partial charge in [-0.15, -0.1) is 12.4 Å². The van der Waals surface area contributed by atoms with Crippen molar-refractivity contribution < 1.29 is 9.53 Å². The topological polar surface area (TPSA) is 64.3 Å². The standard InChI is InChI=1S/C20H26N2O2.ClH/c1-3-20(4-2,16-8-6-5-7-9-16)19(23)22-17-10-12-18(13-11-17)24-15-14-21;/h5-13H,3-4,14-15,21H2,1-2H3,(H,22,23);1H. The Morgan fingerprint density at radius 3 is 2.16 bits per heavy atom. The van der Waals surface area contributed by atoms with Crippen molar-refractivity contribution in [3.8, 4) is 5.75 Å². The third-order valence-electron chi connectivity index (χ3n) is 4.47. The van der Waals surface area contributed by atoms with Gasteiger partial charge >= 0.3 is 0 Å². The fourth-order valence-corrected chi connectivity index (χ4v) is 2.93. The monoisotopic (exact) mass is 362 g/mol. The van der Waals surface area contributed by atoms with Crippen LogP contribution < -0.4 is 15.8 Å². The van der Waals surface area contributed by atoms with Crippen LogP contribution in [0.5, 0.6) is 5.75 Å². The molecule has 3 N–H and O–H groups in total. The fraction of sp³-hybridized carbons (Fsp3) is 0.350. The number of hydrogen-bond donors (Lipinski definition) is 2. The van der Waals surface area contributed by atoms with Crippen LogP contribution >= 0.6 is 12.4 Å². The molecule has 0 aliphatic carbocycles. The fourth-order valence-electron chi connectivity index (χ4n) is 2.93. The average Bonchev–Trinajstić information content (AvgIpc) is 2.63. The summed E-state index contributed by atoms with van der Waals surface area (Å²) >= 11 is 0. The van der Waals surface area contributed by atoms with E-state index in [4.69, 9.17) is 10.5 Å². The lowest BCUT2D eigenvalue weighted by molar-refractivity contribution is -0.121. The molecule has 0 aromatic heterocycles. The molecule has 0 atom stereocenters. The van der Waals surface area contributed by atoms with Gasteiger partial charge in [0.2, 0.25) is 5.91 Å². The van der Waals surface area contributed by atoms with Crippen molar-refractivity contribution in [3.05, 3.63) is 60.2 Å². The van der Waals surface area contributed by atoms with E-state index in [0.717, 1.165) is 29.8 Å². The lowest BCUT2D eigenvalue weighted by atomic mass is 9.75. The van der Waals surface area contributed by atoms with Crippen molar-refractivity contribution in [3.63, 3.8) is 0 Å². The summed E-state index contributed by atoms with van der Waals surface area (Å²) in [6, 6.07) is 17.4. The van der Waals surface area contributed by atoms with Crippen molar-refractivity contribution in [1.29, 1.82) is 0 Å². The van der Waals surface area contributed by atoms with E-state index in [1.54, 1.807) is 0 Å². The summed E-state index contributed by atoms with van der Waals surface area (Å²) in [5.41, 5.74) is 6.72. The van der Waals surface area contributed by atoms with Gasteiger partial charge in [0.15, 0.2) is 0 Å². The van der Waals surface area contributed by atoms with Crippen LogP contribution in [0.25, 0.3) is 0 Å². The van der Waals surface area contributed by atoms with Crippen molar-refractivity contribution in [2.75, 3.05) is 18.5 Å². The molecule has 2 rings (SSSR count). The molecule has 0 aliphatic rings. The van der Waals surface area contributed by atoms with E-state index in [2.05, 4.69) is 19.2 Å². The maximum atomic E-state index is 13.0. The summed E-state index contributed by atoms with van der Waals surface area (Å²) in [4.78, 5) is 13.0. The van der Waals surface area contributed by atoms with Gasteiger partial charge in [-0.05, 0) is 42.7 Å². The van der Waals surface area contributed by atoms with Crippen LogP contribution in [0.2, 0.25) is 0 Å². The number of nitrogens with two attached hydrogens (primary N) is 1. The highest BCUT2D eigenvalue weighted by atomic mass is 35.5. The molecule has 0 radical (unpaired) electrons. The number of anilines is 1. The van der Waals surface area contributed by atoms with Gasteiger partial charge < -0.3 is 15.8 Å². The number of halogens is 1. The lowest BCUT2D eigenvalue weighted by Gasteiger charge is -2.31. The first kappa shape index (κ1) is 21.0. The predicted molar refractivity (Wildman–Crippen MR) is 106 cm³/mol. The Labute approximate surface area is 156 Å². The summed E-state index contributed by atoms with van der Waals surface area (Å²) in [5, 5.41) is 3.05. The van der Waals surface area contributed by atoms with Gasteiger partial charge in [-0.3, -0.25) is 4.79 Å². The highest BCUT2D eigenvalue weighted by molar-refractivity contribution is 5.99. The first-order valence-electron chi connectivity index (χ1n) is 8.46. The van der Waals surface area contributed by atoms with Crippen LogP contribution in [0.4, 0.5) is 5.69 Å². The normalized spacial score (nSPS) is 10.7. The molecule has 5 heteroatoms. The zero-order chi connectivity index (χ0) is 17.4. The number of ether oxygens (including phenoxy) is 1. The molecule has 2 aromatic rings. The maximum Gasteiger partial charge on any atom is 0.235 e. The highest BCUT2D eigenvalue weighted by Gasteiger charge is 2.36. The summed E-state index contributed by atoms with van der Waals surface area (Å²) in [7, 11) is 0. The number of nitrogens with one attached hydrogen (secondary N) is 1. The zero-order valence-corrected chi connectivity index (χ0v) is 15.6. The van der Waals surface area contributed by atoms with E-state index in [1.807, 2.05) is 54.6 Å². The van der Waals surface area contributed by atoms with Crippen LogP contribution in [0.3, 0.4) is 0 Å². The molecule has 2 aromatic carbocycles. The minimum Gasteiger partial charge on any atom is -0.492 e. The van der Waals surface area contributed by atoms with Crippen molar-refractivity contribution >= 4 is 24.0 Å². The van der Waals surface area contributed by atoms with Gasteiger partial charge in [-0.1, -0.05) is 44.2 Å². The number of rotatable bonds is 8. The first-order chi connectivity index (χ1) is 11.7. The Morgan fingerprint density at radius 1 is 1.04 bits per heavy atom. The average molecular weight is 363 g/mol. The molecule has 25 heavy (non-hydrogen) atoms. The van der Waals surface area contributed by atoms with Crippen LogP contribution in [-0.4, -0.2) is 19.1 Å². The van der Waals surface area contributed by atoms with E-state index in [9.17, 15) is 4.79 Å². The molecule has 0 saturated heterocycles. The summed E-state index contributed by atoms with van der Waals surface area (Å²) in [5.74, 6) is 0.771. The van der Waals surface area contributed by atoms with E-state index in [-0.39, 0.29) is 18.3 Å². The summed E-state index contributed by atoms with van der Waals surface area (Å²) < 4.78 is 5.46. The molecule has 0 heterocycles. The molecular weight excluding hydrogens is 336 g/mol. The minimum atomic E-state index is -0.518. The van der Waals surface area contributed by atoms with Crippen LogP contribution in [0.15, 0.2) is 54.6 Å². The molecule has 0 aliphatic heterocycles. The maximum absolute atomic E-state index is 13.0.